The van der Waals surface area contributed by atoms with Crippen LogP contribution in [0.2, 0.25) is 0 Å². The summed E-state index contributed by atoms with van der Waals surface area (Å²) in [5.74, 6) is -3.65. The first-order chi connectivity index (χ1) is 10.9. The van der Waals surface area contributed by atoms with Gasteiger partial charge in [-0.3, -0.25) is 0 Å². The predicted molar refractivity (Wildman–Crippen MR) is 85.5 cm³/mol. The van der Waals surface area contributed by atoms with Gasteiger partial charge < -0.3 is 15.3 Å². The van der Waals surface area contributed by atoms with Crippen LogP contribution in [0.15, 0.2) is 52.3 Å². The summed E-state index contributed by atoms with van der Waals surface area (Å²) in [4.78, 5) is 34.3. The Hall–Kier alpha value is -2.45. The standard InChI is InChI=1S/C15H10O6S2/c16-13(17)8-4-6-9(7-5-8)22-23-11-3-1-2-10(14(18)19)12(11)15(20)21/h1-7H,(H,16,17)(H,18,19)(H,20,21). The van der Waals surface area contributed by atoms with Crippen molar-refractivity contribution in [3.63, 3.8) is 0 Å². The molecular weight excluding hydrogens is 340 g/mol. The molecule has 0 aromatic heterocycles. The fourth-order valence-corrected chi connectivity index (χ4v) is 3.90. The molecule has 0 heterocycles. The number of carbonyl (C=O) groups is 3. The van der Waals surface area contributed by atoms with Crippen LogP contribution in [0.4, 0.5) is 0 Å². The number of carboxylic acid groups (broad SMARTS) is 3. The van der Waals surface area contributed by atoms with Crippen LogP contribution in [-0.2, 0) is 0 Å². The lowest BCUT2D eigenvalue weighted by molar-refractivity contribution is 0.0648. The molecule has 23 heavy (non-hydrogen) atoms. The first-order valence-electron chi connectivity index (χ1n) is 6.17. The van der Waals surface area contributed by atoms with Crippen molar-refractivity contribution in [3.8, 4) is 0 Å². The summed E-state index contributed by atoms with van der Waals surface area (Å²) in [7, 11) is 2.31. The Bertz CT molecular complexity index is 770. The van der Waals surface area contributed by atoms with E-state index in [0.29, 0.717) is 4.90 Å². The van der Waals surface area contributed by atoms with Gasteiger partial charge >= 0.3 is 17.9 Å². The van der Waals surface area contributed by atoms with Crippen LogP contribution in [0.5, 0.6) is 0 Å². The van der Waals surface area contributed by atoms with Crippen LogP contribution in [0, 0.1) is 0 Å². The van der Waals surface area contributed by atoms with E-state index in [1.54, 1.807) is 12.1 Å². The van der Waals surface area contributed by atoms with Crippen molar-refractivity contribution in [1.82, 2.24) is 0 Å². The van der Waals surface area contributed by atoms with Gasteiger partial charge in [0.05, 0.1) is 16.7 Å². The Morgan fingerprint density at radius 2 is 1.39 bits per heavy atom. The van der Waals surface area contributed by atoms with E-state index in [-0.39, 0.29) is 16.7 Å². The van der Waals surface area contributed by atoms with Gasteiger partial charge in [-0.05, 0) is 36.4 Å². The number of carboxylic acids is 3. The van der Waals surface area contributed by atoms with Crippen molar-refractivity contribution in [2.24, 2.45) is 0 Å². The van der Waals surface area contributed by atoms with Crippen molar-refractivity contribution in [3.05, 3.63) is 59.2 Å². The van der Waals surface area contributed by atoms with E-state index in [0.717, 1.165) is 15.7 Å². The molecule has 0 saturated carbocycles. The quantitative estimate of drug-likeness (QED) is 0.678. The number of hydrogen-bond donors (Lipinski definition) is 3. The lowest BCUT2D eigenvalue weighted by Crippen LogP contribution is -2.09. The van der Waals surface area contributed by atoms with Crippen molar-refractivity contribution in [2.45, 2.75) is 9.79 Å². The van der Waals surface area contributed by atoms with Gasteiger partial charge in [-0.2, -0.15) is 0 Å². The van der Waals surface area contributed by atoms with E-state index in [1.165, 1.54) is 41.1 Å². The summed E-state index contributed by atoms with van der Waals surface area (Å²) in [6.45, 7) is 0. The molecule has 8 heteroatoms. The molecule has 118 valence electrons. The third-order valence-electron chi connectivity index (χ3n) is 2.80. The molecule has 0 radical (unpaired) electrons. The summed E-state index contributed by atoms with van der Waals surface area (Å²) in [6, 6.07) is 10.3. The van der Waals surface area contributed by atoms with Crippen LogP contribution in [0.25, 0.3) is 0 Å². The number of aromatic carboxylic acids is 3. The van der Waals surface area contributed by atoms with Crippen LogP contribution < -0.4 is 0 Å². The smallest absolute Gasteiger partial charge is 0.337 e. The summed E-state index contributed by atoms with van der Waals surface area (Å²) in [5, 5.41) is 27.1. The maximum absolute atomic E-state index is 11.3. The molecule has 0 spiro atoms. The molecule has 0 unspecified atom stereocenters. The molecular formula is C15H10O6S2. The number of rotatable bonds is 6. The largest absolute Gasteiger partial charge is 0.478 e. The molecule has 6 nitrogen and oxygen atoms in total. The van der Waals surface area contributed by atoms with Crippen molar-refractivity contribution in [2.75, 3.05) is 0 Å². The molecule has 3 N–H and O–H groups in total. The maximum Gasteiger partial charge on any atom is 0.337 e. The number of hydrogen-bond acceptors (Lipinski definition) is 5. The highest BCUT2D eigenvalue weighted by atomic mass is 33.1. The van der Waals surface area contributed by atoms with Gasteiger partial charge in [-0.15, -0.1) is 0 Å². The van der Waals surface area contributed by atoms with E-state index < -0.39 is 17.9 Å². The Labute approximate surface area is 138 Å². The fraction of sp³-hybridized carbons (Fsp3) is 0. The normalized spacial score (nSPS) is 10.3. The van der Waals surface area contributed by atoms with Crippen molar-refractivity contribution in [1.29, 1.82) is 0 Å². The second-order valence-corrected chi connectivity index (χ2v) is 6.53. The monoisotopic (exact) mass is 350 g/mol. The summed E-state index contributed by atoms with van der Waals surface area (Å²) >= 11 is 0. The maximum atomic E-state index is 11.3. The molecule has 0 aliphatic rings. The zero-order chi connectivity index (χ0) is 17.0. The second kappa shape index (κ2) is 7.21. The van der Waals surface area contributed by atoms with Gasteiger partial charge in [0.15, 0.2) is 0 Å². The summed E-state index contributed by atoms with van der Waals surface area (Å²) in [5.41, 5.74) is -0.387. The Morgan fingerprint density at radius 1 is 0.739 bits per heavy atom. The minimum Gasteiger partial charge on any atom is -0.478 e. The molecule has 0 amide bonds. The van der Waals surface area contributed by atoms with Gasteiger partial charge in [0.1, 0.15) is 0 Å². The summed E-state index contributed by atoms with van der Waals surface area (Å²) < 4.78 is 0. The van der Waals surface area contributed by atoms with E-state index in [9.17, 15) is 19.5 Å². The Morgan fingerprint density at radius 3 is 1.91 bits per heavy atom. The predicted octanol–water partition coefficient (Wildman–Crippen LogP) is 3.58. The van der Waals surface area contributed by atoms with Gasteiger partial charge in [0.25, 0.3) is 0 Å². The molecule has 2 aromatic carbocycles. The van der Waals surface area contributed by atoms with Crippen LogP contribution in [0.1, 0.15) is 31.1 Å². The Balaban J connectivity index is 2.23. The topological polar surface area (TPSA) is 112 Å². The lowest BCUT2D eigenvalue weighted by Gasteiger charge is -2.08. The molecule has 0 aliphatic carbocycles. The van der Waals surface area contributed by atoms with Crippen molar-refractivity contribution < 1.29 is 29.7 Å². The summed E-state index contributed by atoms with van der Waals surface area (Å²) in [6.07, 6.45) is 0. The first-order valence-corrected chi connectivity index (χ1v) is 8.32. The third kappa shape index (κ3) is 4.05. The average molecular weight is 350 g/mol. The van der Waals surface area contributed by atoms with Crippen molar-refractivity contribution >= 4 is 39.5 Å². The number of benzene rings is 2. The molecule has 2 aromatic rings. The minimum absolute atomic E-state index is 0.151. The second-order valence-electron chi connectivity index (χ2n) is 4.29. The van der Waals surface area contributed by atoms with E-state index >= 15 is 0 Å². The molecule has 0 fully saturated rings. The van der Waals surface area contributed by atoms with Crippen LogP contribution >= 0.6 is 21.6 Å². The van der Waals surface area contributed by atoms with Gasteiger partial charge in [-0.25, -0.2) is 14.4 Å². The SMILES string of the molecule is O=C(O)c1ccc(SSc2cccc(C(=O)O)c2C(=O)O)cc1. The third-order valence-corrected chi connectivity index (χ3v) is 5.23. The van der Waals surface area contributed by atoms with Gasteiger partial charge in [0.2, 0.25) is 0 Å². The van der Waals surface area contributed by atoms with E-state index in [2.05, 4.69) is 0 Å². The highest BCUT2D eigenvalue weighted by Crippen LogP contribution is 2.39. The minimum atomic E-state index is -1.31. The van der Waals surface area contributed by atoms with Gasteiger partial charge in [0, 0.05) is 9.79 Å². The highest BCUT2D eigenvalue weighted by molar-refractivity contribution is 8.76. The molecule has 0 atom stereocenters. The van der Waals surface area contributed by atoms with Gasteiger partial charge in [-0.1, -0.05) is 27.7 Å². The van der Waals surface area contributed by atoms with E-state index in [1.807, 2.05) is 0 Å². The molecule has 0 saturated heterocycles. The lowest BCUT2D eigenvalue weighted by atomic mass is 10.1. The first kappa shape index (κ1) is 16.9. The van der Waals surface area contributed by atoms with Crippen LogP contribution in [0.3, 0.4) is 0 Å². The highest BCUT2D eigenvalue weighted by Gasteiger charge is 2.20. The zero-order valence-electron chi connectivity index (χ0n) is 11.4. The Kier molecular flexibility index (Phi) is 5.30. The molecule has 2 rings (SSSR count). The average Bonchev–Trinajstić information content (AvgIpc) is 2.52. The van der Waals surface area contributed by atoms with Crippen LogP contribution in [-0.4, -0.2) is 33.2 Å². The molecule has 0 bridgehead atoms. The van der Waals surface area contributed by atoms with E-state index in [4.69, 9.17) is 10.2 Å². The fourth-order valence-electron chi connectivity index (χ4n) is 1.75. The molecule has 0 aliphatic heterocycles. The zero-order valence-corrected chi connectivity index (χ0v) is 13.1.